The maximum atomic E-state index is 10.1. The molecule has 2 N–H and O–H groups in total. The van der Waals surface area contributed by atoms with Crippen LogP contribution in [0, 0.1) is 0 Å². The summed E-state index contributed by atoms with van der Waals surface area (Å²) in [5.41, 5.74) is 0.490. The van der Waals surface area contributed by atoms with Crippen molar-refractivity contribution in [3.05, 3.63) is 23.8 Å². The molecule has 0 aliphatic rings. The maximum Gasteiger partial charge on any atom is 0.198 e. The zero-order chi connectivity index (χ0) is 14.3. The number of benzene rings is 1. The average molecular weight is 268 g/mol. The molecule has 0 heterocycles. The van der Waals surface area contributed by atoms with E-state index in [2.05, 4.69) is 6.92 Å². The molecule has 0 amide bonds. The van der Waals surface area contributed by atoms with Crippen molar-refractivity contribution in [2.45, 2.75) is 45.8 Å². The Hall–Kier alpha value is -1.26. The van der Waals surface area contributed by atoms with Gasteiger partial charge in [-0.2, -0.15) is 0 Å². The first-order chi connectivity index (χ1) is 9.11. The summed E-state index contributed by atoms with van der Waals surface area (Å²) in [5, 5.41) is 19.7. The third kappa shape index (κ3) is 3.61. The van der Waals surface area contributed by atoms with Gasteiger partial charge in [-0.25, -0.2) is 0 Å². The molecule has 19 heavy (non-hydrogen) atoms. The summed E-state index contributed by atoms with van der Waals surface area (Å²) in [7, 11) is 0. The van der Waals surface area contributed by atoms with Gasteiger partial charge < -0.3 is 19.7 Å². The molecule has 0 radical (unpaired) electrons. The van der Waals surface area contributed by atoms with Crippen molar-refractivity contribution in [3.8, 4) is 11.5 Å². The largest absolute Gasteiger partial charge is 0.504 e. The van der Waals surface area contributed by atoms with E-state index >= 15 is 0 Å². The van der Waals surface area contributed by atoms with Gasteiger partial charge >= 0.3 is 0 Å². The van der Waals surface area contributed by atoms with Gasteiger partial charge in [0.25, 0.3) is 0 Å². The molecule has 1 aromatic carbocycles. The monoisotopic (exact) mass is 268 g/mol. The Morgan fingerprint density at radius 1 is 1.05 bits per heavy atom. The van der Waals surface area contributed by atoms with Gasteiger partial charge in [0, 0.05) is 19.6 Å². The van der Waals surface area contributed by atoms with Crippen molar-refractivity contribution >= 4 is 0 Å². The molecule has 0 aliphatic heterocycles. The second kappa shape index (κ2) is 7.36. The number of phenolic OH excluding ortho intramolecular Hbond substituents is 2. The zero-order valence-corrected chi connectivity index (χ0v) is 12.0. The fraction of sp³-hybridized carbons (Fsp3) is 0.600. The van der Waals surface area contributed by atoms with Crippen LogP contribution in [0.3, 0.4) is 0 Å². The molecule has 108 valence electrons. The van der Waals surface area contributed by atoms with Crippen LogP contribution in [0.4, 0.5) is 0 Å². The van der Waals surface area contributed by atoms with Crippen LogP contribution in [-0.2, 0) is 15.3 Å². The summed E-state index contributed by atoms with van der Waals surface area (Å²) in [6.07, 6.45) is 2.55. The lowest BCUT2D eigenvalue weighted by Gasteiger charge is -2.34. The van der Waals surface area contributed by atoms with E-state index < -0.39 is 5.79 Å². The van der Waals surface area contributed by atoms with Crippen LogP contribution < -0.4 is 0 Å². The average Bonchev–Trinajstić information content (AvgIpc) is 2.40. The van der Waals surface area contributed by atoms with Gasteiger partial charge in [0.05, 0.1) is 5.56 Å². The van der Waals surface area contributed by atoms with E-state index in [1.807, 2.05) is 13.8 Å². The van der Waals surface area contributed by atoms with Gasteiger partial charge in [0.2, 0.25) is 0 Å². The van der Waals surface area contributed by atoms with Gasteiger partial charge in [-0.05, 0) is 32.4 Å². The molecule has 1 rings (SSSR count). The highest BCUT2D eigenvalue weighted by Gasteiger charge is 2.36. The Morgan fingerprint density at radius 2 is 1.68 bits per heavy atom. The van der Waals surface area contributed by atoms with Crippen LogP contribution >= 0.6 is 0 Å². The predicted octanol–water partition coefficient (Wildman–Crippen LogP) is 3.51. The van der Waals surface area contributed by atoms with Crippen LogP contribution in [-0.4, -0.2) is 23.4 Å². The maximum absolute atomic E-state index is 10.1. The Kier molecular flexibility index (Phi) is 6.12. The predicted molar refractivity (Wildman–Crippen MR) is 74.2 cm³/mol. The molecular weight excluding hydrogens is 244 g/mol. The van der Waals surface area contributed by atoms with Gasteiger partial charge in [0.1, 0.15) is 0 Å². The van der Waals surface area contributed by atoms with Gasteiger partial charge in [-0.1, -0.05) is 19.4 Å². The first-order valence-electron chi connectivity index (χ1n) is 6.90. The number of hydrogen-bond acceptors (Lipinski definition) is 4. The molecule has 0 bridgehead atoms. The van der Waals surface area contributed by atoms with E-state index in [1.165, 1.54) is 6.07 Å². The van der Waals surface area contributed by atoms with E-state index in [0.717, 1.165) is 12.8 Å². The van der Waals surface area contributed by atoms with Crippen molar-refractivity contribution in [1.29, 1.82) is 0 Å². The smallest absolute Gasteiger partial charge is 0.198 e. The van der Waals surface area contributed by atoms with Crippen molar-refractivity contribution in [1.82, 2.24) is 0 Å². The molecule has 1 aromatic rings. The van der Waals surface area contributed by atoms with E-state index in [9.17, 15) is 10.2 Å². The second-order valence-electron chi connectivity index (χ2n) is 4.40. The Labute approximate surface area is 115 Å². The van der Waals surface area contributed by atoms with Gasteiger partial charge in [0.15, 0.2) is 17.3 Å². The molecule has 0 aromatic heterocycles. The first-order valence-corrected chi connectivity index (χ1v) is 6.90. The fourth-order valence-corrected chi connectivity index (χ4v) is 2.19. The number of unbranched alkanes of at least 4 members (excludes halogenated alkanes) is 1. The summed E-state index contributed by atoms with van der Waals surface area (Å²) < 4.78 is 11.6. The molecule has 0 aliphatic carbocycles. The van der Waals surface area contributed by atoms with E-state index in [4.69, 9.17) is 9.47 Å². The van der Waals surface area contributed by atoms with E-state index in [-0.39, 0.29) is 11.5 Å². The molecule has 4 heteroatoms. The number of aromatic hydroxyl groups is 2. The standard InChI is InChI=1S/C15H24O4/c1-4-7-11-15(18-5-2,19-6-3)12-9-8-10-13(16)14(12)17/h8-10,16-17H,4-7,11H2,1-3H3. The van der Waals surface area contributed by atoms with Crippen molar-refractivity contribution in [2.24, 2.45) is 0 Å². The third-order valence-corrected chi connectivity index (χ3v) is 3.04. The van der Waals surface area contributed by atoms with Crippen LogP contribution in [0.2, 0.25) is 0 Å². The Balaban J connectivity index is 3.21. The quantitative estimate of drug-likeness (QED) is 0.559. The molecule has 0 spiro atoms. The van der Waals surface area contributed by atoms with E-state index in [1.54, 1.807) is 12.1 Å². The summed E-state index contributed by atoms with van der Waals surface area (Å²) in [6.45, 7) is 6.81. The lowest BCUT2D eigenvalue weighted by molar-refractivity contribution is -0.248. The second-order valence-corrected chi connectivity index (χ2v) is 4.40. The van der Waals surface area contributed by atoms with Crippen LogP contribution in [0.5, 0.6) is 11.5 Å². The Morgan fingerprint density at radius 3 is 2.21 bits per heavy atom. The fourth-order valence-electron chi connectivity index (χ4n) is 2.19. The molecule has 0 saturated heterocycles. The molecule has 0 unspecified atom stereocenters. The molecule has 0 fully saturated rings. The number of rotatable bonds is 8. The molecule has 4 nitrogen and oxygen atoms in total. The van der Waals surface area contributed by atoms with Crippen LogP contribution in [0.15, 0.2) is 18.2 Å². The Bertz CT molecular complexity index is 384. The third-order valence-electron chi connectivity index (χ3n) is 3.04. The summed E-state index contributed by atoms with van der Waals surface area (Å²) in [6, 6.07) is 4.86. The van der Waals surface area contributed by atoms with Crippen molar-refractivity contribution < 1.29 is 19.7 Å². The molecule has 0 atom stereocenters. The minimum absolute atomic E-state index is 0.155. The topological polar surface area (TPSA) is 58.9 Å². The lowest BCUT2D eigenvalue weighted by atomic mass is 9.98. The van der Waals surface area contributed by atoms with E-state index in [0.29, 0.717) is 25.2 Å². The SMILES string of the molecule is CCCCC(OCC)(OCC)c1cccc(O)c1O. The normalized spacial score (nSPS) is 11.7. The molecule has 0 saturated carbocycles. The minimum Gasteiger partial charge on any atom is -0.504 e. The summed E-state index contributed by atoms with van der Waals surface area (Å²) in [5.74, 6) is -1.30. The van der Waals surface area contributed by atoms with Crippen molar-refractivity contribution in [2.75, 3.05) is 13.2 Å². The first kappa shape index (κ1) is 15.8. The van der Waals surface area contributed by atoms with Gasteiger partial charge in [-0.3, -0.25) is 0 Å². The van der Waals surface area contributed by atoms with Crippen LogP contribution in [0.25, 0.3) is 0 Å². The van der Waals surface area contributed by atoms with Crippen molar-refractivity contribution in [3.63, 3.8) is 0 Å². The number of ether oxygens (including phenoxy) is 2. The van der Waals surface area contributed by atoms with Gasteiger partial charge in [-0.15, -0.1) is 0 Å². The summed E-state index contributed by atoms with van der Waals surface area (Å²) in [4.78, 5) is 0. The molecular formula is C15H24O4. The number of hydrogen-bond donors (Lipinski definition) is 2. The van der Waals surface area contributed by atoms with Crippen LogP contribution in [0.1, 0.15) is 45.6 Å². The zero-order valence-electron chi connectivity index (χ0n) is 12.0. The minimum atomic E-state index is -0.984. The lowest BCUT2D eigenvalue weighted by Crippen LogP contribution is -2.33. The highest BCUT2D eigenvalue weighted by Crippen LogP contribution is 2.41. The highest BCUT2D eigenvalue weighted by molar-refractivity contribution is 5.46. The highest BCUT2D eigenvalue weighted by atomic mass is 16.7. The number of phenols is 2. The summed E-state index contributed by atoms with van der Waals surface area (Å²) >= 11 is 0. The number of para-hydroxylation sites is 1.